The molecule has 0 amide bonds. The lowest BCUT2D eigenvalue weighted by Crippen LogP contribution is -2.09. The third-order valence-corrected chi connectivity index (χ3v) is 2.94. The second-order valence-corrected chi connectivity index (χ2v) is 3.32. The molecule has 0 aromatic carbocycles. The predicted molar refractivity (Wildman–Crippen MR) is 39.2 cm³/mol. The highest BCUT2D eigenvalue weighted by Gasteiger charge is 2.32. The molecule has 0 N–H and O–H groups in total. The molecule has 1 saturated carbocycles. The molecule has 9 heavy (non-hydrogen) atoms. The van der Waals surface area contributed by atoms with E-state index in [9.17, 15) is 0 Å². The van der Waals surface area contributed by atoms with E-state index >= 15 is 0 Å². The van der Waals surface area contributed by atoms with Crippen molar-refractivity contribution in [2.75, 3.05) is 0 Å². The molecule has 0 aromatic rings. The van der Waals surface area contributed by atoms with Crippen LogP contribution in [0.15, 0.2) is 11.6 Å². The van der Waals surface area contributed by atoms with E-state index < -0.39 is 0 Å². The minimum atomic E-state index is 0.990. The Morgan fingerprint density at radius 3 is 2.78 bits per heavy atom. The Labute approximate surface area is 57.0 Å². The second kappa shape index (κ2) is 1.86. The van der Waals surface area contributed by atoms with Crippen molar-refractivity contribution < 1.29 is 0 Å². The van der Waals surface area contributed by atoms with Crippen LogP contribution in [0.4, 0.5) is 0 Å². The number of hydrogen-bond donors (Lipinski definition) is 0. The monoisotopic (exact) mass is 122 g/mol. The fourth-order valence-electron chi connectivity index (χ4n) is 2.21. The quantitative estimate of drug-likeness (QED) is 0.469. The molecule has 0 nitrogen and oxygen atoms in total. The maximum Gasteiger partial charge on any atom is -0.0166 e. The van der Waals surface area contributed by atoms with E-state index in [1.807, 2.05) is 0 Å². The maximum atomic E-state index is 2.45. The zero-order valence-electron chi connectivity index (χ0n) is 6.06. The molecule has 2 rings (SSSR count). The summed E-state index contributed by atoms with van der Waals surface area (Å²) >= 11 is 0. The number of fused-ring (bicyclic) bond motifs is 1. The Kier molecular flexibility index (Phi) is 1.14. The van der Waals surface area contributed by atoms with Crippen LogP contribution in [-0.2, 0) is 0 Å². The van der Waals surface area contributed by atoms with Crippen LogP contribution in [0.25, 0.3) is 0 Å². The van der Waals surface area contributed by atoms with Gasteiger partial charge in [-0.2, -0.15) is 0 Å². The van der Waals surface area contributed by atoms with Crippen molar-refractivity contribution in [2.45, 2.75) is 32.6 Å². The van der Waals surface area contributed by atoms with Crippen LogP contribution in [-0.4, -0.2) is 0 Å². The fourth-order valence-corrected chi connectivity index (χ4v) is 2.21. The van der Waals surface area contributed by atoms with Gasteiger partial charge in [-0.25, -0.2) is 0 Å². The van der Waals surface area contributed by atoms with Crippen molar-refractivity contribution in [1.82, 2.24) is 0 Å². The van der Waals surface area contributed by atoms with Crippen molar-refractivity contribution in [1.29, 1.82) is 0 Å². The van der Waals surface area contributed by atoms with Crippen molar-refractivity contribution in [3.8, 4) is 0 Å². The highest BCUT2D eigenvalue weighted by atomic mass is 14.4. The normalized spacial score (nSPS) is 39.4. The lowest BCUT2D eigenvalue weighted by atomic mass is 9.83. The standard InChI is InChI=1S/C9H14/c1-2-7-3-4-8-5-6-9(7)8/h6-8H,2-5H2,1H3. The molecule has 0 heterocycles. The first-order valence-electron chi connectivity index (χ1n) is 4.11. The third-order valence-electron chi connectivity index (χ3n) is 2.94. The minimum Gasteiger partial charge on any atom is -0.0842 e. The Morgan fingerprint density at radius 2 is 2.44 bits per heavy atom. The molecule has 50 valence electrons. The van der Waals surface area contributed by atoms with Crippen LogP contribution in [0.2, 0.25) is 0 Å². The Balaban J connectivity index is 2.12. The van der Waals surface area contributed by atoms with E-state index in [1.54, 1.807) is 5.57 Å². The van der Waals surface area contributed by atoms with E-state index in [0.717, 1.165) is 11.8 Å². The topological polar surface area (TPSA) is 0 Å². The van der Waals surface area contributed by atoms with Gasteiger partial charge in [0.2, 0.25) is 0 Å². The number of rotatable bonds is 1. The van der Waals surface area contributed by atoms with Gasteiger partial charge in [0.1, 0.15) is 0 Å². The van der Waals surface area contributed by atoms with Gasteiger partial charge in [0.25, 0.3) is 0 Å². The first-order chi connectivity index (χ1) is 4.42. The molecule has 2 unspecified atom stereocenters. The molecule has 0 aliphatic heterocycles. The Morgan fingerprint density at radius 1 is 1.56 bits per heavy atom. The van der Waals surface area contributed by atoms with Crippen molar-refractivity contribution in [2.24, 2.45) is 11.8 Å². The summed E-state index contributed by atoms with van der Waals surface area (Å²) in [5, 5.41) is 0. The first-order valence-corrected chi connectivity index (χ1v) is 4.11. The predicted octanol–water partition coefficient (Wildman–Crippen LogP) is 2.75. The van der Waals surface area contributed by atoms with Crippen LogP contribution in [0.3, 0.4) is 0 Å². The molecule has 0 spiro atoms. The van der Waals surface area contributed by atoms with Gasteiger partial charge >= 0.3 is 0 Å². The van der Waals surface area contributed by atoms with Crippen LogP contribution < -0.4 is 0 Å². The molecule has 0 radical (unpaired) electrons. The highest BCUT2D eigenvalue weighted by molar-refractivity contribution is 5.24. The number of allylic oxidation sites excluding steroid dienone is 2. The minimum absolute atomic E-state index is 0.990. The van der Waals surface area contributed by atoms with Gasteiger partial charge in [-0.1, -0.05) is 18.6 Å². The zero-order valence-corrected chi connectivity index (χ0v) is 6.06. The summed E-state index contributed by atoms with van der Waals surface area (Å²) in [6.45, 7) is 2.31. The summed E-state index contributed by atoms with van der Waals surface area (Å²) in [7, 11) is 0. The molecule has 2 atom stereocenters. The molecule has 0 saturated heterocycles. The van der Waals surface area contributed by atoms with E-state index in [4.69, 9.17) is 0 Å². The molecule has 1 fully saturated rings. The molecule has 0 heteroatoms. The Bertz CT molecular complexity index is 144. The van der Waals surface area contributed by atoms with Crippen molar-refractivity contribution in [3.63, 3.8) is 0 Å². The molecule has 0 aromatic heterocycles. The summed E-state index contributed by atoms with van der Waals surface area (Å²) in [4.78, 5) is 0. The van der Waals surface area contributed by atoms with Gasteiger partial charge in [0.15, 0.2) is 0 Å². The van der Waals surface area contributed by atoms with E-state index in [-0.39, 0.29) is 0 Å². The second-order valence-electron chi connectivity index (χ2n) is 3.32. The van der Waals surface area contributed by atoms with Gasteiger partial charge < -0.3 is 0 Å². The largest absolute Gasteiger partial charge is 0.0842 e. The van der Waals surface area contributed by atoms with E-state index in [2.05, 4.69) is 13.0 Å². The average molecular weight is 122 g/mol. The Hall–Kier alpha value is -0.260. The molecular weight excluding hydrogens is 108 g/mol. The van der Waals surface area contributed by atoms with Crippen LogP contribution in [0, 0.1) is 11.8 Å². The smallest absolute Gasteiger partial charge is 0.0166 e. The summed E-state index contributed by atoms with van der Waals surface area (Å²) in [6, 6.07) is 0. The lowest BCUT2D eigenvalue weighted by molar-refractivity contribution is 0.574. The lowest BCUT2D eigenvalue weighted by Gasteiger charge is -2.22. The van der Waals surface area contributed by atoms with Gasteiger partial charge in [-0.05, 0) is 37.5 Å². The molecule has 2 aliphatic rings. The van der Waals surface area contributed by atoms with Crippen molar-refractivity contribution >= 4 is 0 Å². The maximum absolute atomic E-state index is 2.45. The number of hydrogen-bond acceptors (Lipinski definition) is 0. The molecular formula is C9H14. The van der Waals surface area contributed by atoms with Gasteiger partial charge in [0, 0.05) is 0 Å². The fraction of sp³-hybridized carbons (Fsp3) is 0.778. The summed E-state index contributed by atoms with van der Waals surface area (Å²) in [6.07, 6.45) is 8.19. The zero-order chi connectivity index (χ0) is 6.27. The first kappa shape index (κ1) is 5.52. The van der Waals surface area contributed by atoms with Crippen molar-refractivity contribution in [3.05, 3.63) is 11.6 Å². The summed E-state index contributed by atoms with van der Waals surface area (Å²) < 4.78 is 0. The third kappa shape index (κ3) is 0.654. The van der Waals surface area contributed by atoms with Gasteiger partial charge in [-0.3, -0.25) is 0 Å². The summed E-state index contributed by atoms with van der Waals surface area (Å²) in [5.41, 5.74) is 1.80. The van der Waals surface area contributed by atoms with E-state index in [0.29, 0.717) is 0 Å². The van der Waals surface area contributed by atoms with Gasteiger partial charge in [-0.15, -0.1) is 0 Å². The van der Waals surface area contributed by atoms with Gasteiger partial charge in [0.05, 0.1) is 0 Å². The van der Waals surface area contributed by atoms with Crippen LogP contribution >= 0.6 is 0 Å². The SMILES string of the molecule is CCC1CCC2CC=C12. The highest BCUT2D eigenvalue weighted by Crippen LogP contribution is 2.46. The van der Waals surface area contributed by atoms with E-state index in [1.165, 1.54) is 25.7 Å². The van der Waals surface area contributed by atoms with Crippen LogP contribution in [0.5, 0.6) is 0 Å². The molecule has 0 bridgehead atoms. The molecule has 2 aliphatic carbocycles. The average Bonchev–Trinajstić information content (AvgIpc) is 2.07. The van der Waals surface area contributed by atoms with Crippen LogP contribution in [0.1, 0.15) is 32.6 Å². The summed E-state index contributed by atoms with van der Waals surface area (Å²) in [5.74, 6) is 2.03.